The third kappa shape index (κ3) is 8.72. The Kier molecular flexibility index (Phi) is 10.6. The van der Waals surface area contributed by atoms with Crippen molar-refractivity contribution in [3.8, 4) is 0 Å². The molecule has 1 aromatic rings. The van der Waals surface area contributed by atoms with Gasteiger partial charge < -0.3 is 25.4 Å². The van der Waals surface area contributed by atoms with Crippen LogP contribution in [-0.2, 0) is 32.1 Å². The van der Waals surface area contributed by atoms with Gasteiger partial charge in [0.05, 0.1) is 0 Å². The number of nitrogens with zero attached hydrogens (tertiary/aromatic N) is 1. The van der Waals surface area contributed by atoms with Gasteiger partial charge in [-0.25, -0.2) is 9.59 Å². The third-order valence-corrected chi connectivity index (χ3v) is 6.40. The molecule has 0 saturated heterocycles. The van der Waals surface area contributed by atoms with Gasteiger partial charge in [0, 0.05) is 13.0 Å². The summed E-state index contributed by atoms with van der Waals surface area (Å²) < 4.78 is 5.37. The molecule has 3 atom stereocenters. The van der Waals surface area contributed by atoms with E-state index >= 15 is 0 Å². The topological polar surface area (TPSA) is 125 Å². The minimum atomic E-state index is -1.12. The summed E-state index contributed by atoms with van der Waals surface area (Å²) in [7, 11) is 0. The number of benzene rings is 1. The number of ether oxygens (including phenoxy) is 1. The number of carbonyl (C=O) groups excluding carboxylic acids is 3. The average Bonchev–Trinajstić information content (AvgIpc) is 2.78. The molecule has 1 unspecified atom stereocenters. The molecule has 9 nitrogen and oxygen atoms in total. The lowest BCUT2D eigenvalue weighted by Crippen LogP contribution is -2.59. The summed E-state index contributed by atoms with van der Waals surface area (Å²) in [6.45, 7) is 9.28. The molecule has 1 heterocycles. The maximum Gasteiger partial charge on any atom is 0.408 e. The quantitative estimate of drug-likeness (QED) is 0.432. The van der Waals surface area contributed by atoms with Crippen LogP contribution in [0.15, 0.2) is 24.3 Å². The summed E-state index contributed by atoms with van der Waals surface area (Å²) in [5, 5.41) is 14.9. The number of hydrogen-bond acceptors (Lipinski definition) is 6. The van der Waals surface area contributed by atoms with E-state index in [1.54, 1.807) is 20.8 Å². The Morgan fingerprint density at radius 1 is 1.11 bits per heavy atom. The van der Waals surface area contributed by atoms with E-state index in [0.29, 0.717) is 12.2 Å². The Hall–Kier alpha value is -2.75. The van der Waals surface area contributed by atoms with Crippen molar-refractivity contribution in [2.24, 2.45) is 5.92 Å². The fourth-order valence-electron chi connectivity index (χ4n) is 4.09. The van der Waals surface area contributed by atoms with Gasteiger partial charge in [0.15, 0.2) is 0 Å². The maximum absolute atomic E-state index is 13.8. The fourth-order valence-corrected chi connectivity index (χ4v) is 4.56. The molecular formula is C26H39N3O6S. The van der Waals surface area contributed by atoms with Gasteiger partial charge in [0.1, 0.15) is 23.7 Å². The lowest BCUT2D eigenvalue weighted by atomic mass is 9.91. The molecule has 3 N–H and O–H groups in total. The number of carbonyl (C=O) groups is 4. The predicted octanol–water partition coefficient (Wildman–Crippen LogP) is 3.20. The van der Waals surface area contributed by atoms with E-state index in [1.807, 2.05) is 44.4 Å². The number of hydrogen-bond donors (Lipinski definition) is 3. The smallest absolute Gasteiger partial charge is 0.408 e. The summed E-state index contributed by atoms with van der Waals surface area (Å²) in [5.74, 6) is -1.38. The number of amides is 3. The SMILES string of the molecule is CSCC[C@@H](NC(=O)C1Cc2ccccc2CN1C(=O)[C@H](CC(C)C)NC(=O)OC(C)(C)C)C(=O)O. The highest BCUT2D eigenvalue weighted by atomic mass is 32.2. The van der Waals surface area contributed by atoms with Crippen LogP contribution in [0.5, 0.6) is 0 Å². The van der Waals surface area contributed by atoms with Crippen molar-refractivity contribution < 1.29 is 29.0 Å². The van der Waals surface area contributed by atoms with Crippen molar-refractivity contribution in [1.82, 2.24) is 15.5 Å². The minimum Gasteiger partial charge on any atom is -0.480 e. The Labute approximate surface area is 217 Å². The van der Waals surface area contributed by atoms with Gasteiger partial charge in [0.25, 0.3) is 0 Å². The molecule has 1 aliphatic heterocycles. The zero-order valence-corrected chi connectivity index (χ0v) is 22.8. The van der Waals surface area contributed by atoms with Crippen molar-refractivity contribution >= 4 is 35.6 Å². The Bertz CT molecular complexity index is 946. The van der Waals surface area contributed by atoms with Crippen LogP contribution in [0, 0.1) is 5.92 Å². The zero-order chi connectivity index (χ0) is 27.0. The molecule has 0 radical (unpaired) electrons. The molecule has 1 aromatic carbocycles. The van der Waals surface area contributed by atoms with E-state index in [4.69, 9.17) is 4.74 Å². The Morgan fingerprint density at radius 3 is 2.31 bits per heavy atom. The molecule has 2 rings (SSSR count). The van der Waals surface area contributed by atoms with Crippen molar-refractivity contribution in [2.75, 3.05) is 12.0 Å². The zero-order valence-electron chi connectivity index (χ0n) is 22.0. The van der Waals surface area contributed by atoms with Crippen LogP contribution in [0.25, 0.3) is 0 Å². The molecule has 0 fully saturated rings. The van der Waals surface area contributed by atoms with Gasteiger partial charge in [-0.1, -0.05) is 38.1 Å². The van der Waals surface area contributed by atoms with Crippen molar-refractivity contribution in [3.05, 3.63) is 35.4 Å². The van der Waals surface area contributed by atoms with Gasteiger partial charge in [-0.2, -0.15) is 11.8 Å². The highest BCUT2D eigenvalue weighted by Crippen LogP contribution is 2.25. The van der Waals surface area contributed by atoms with Crippen LogP contribution in [0.4, 0.5) is 4.79 Å². The van der Waals surface area contributed by atoms with Crippen molar-refractivity contribution in [1.29, 1.82) is 0 Å². The molecule has 0 saturated carbocycles. The first-order chi connectivity index (χ1) is 16.8. The maximum atomic E-state index is 13.8. The summed E-state index contributed by atoms with van der Waals surface area (Å²) in [6.07, 6.45) is 2.05. The summed E-state index contributed by atoms with van der Waals surface area (Å²) >= 11 is 1.49. The van der Waals surface area contributed by atoms with Gasteiger partial charge in [-0.3, -0.25) is 9.59 Å². The Morgan fingerprint density at radius 2 is 1.75 bits per heavy atom. The van der Waals surface area contributed by atoms with E-state index in [0.717, 1.165) is 11.1 Å². The van der Waals surface area contributed by atoms with Crippen LogP contribution < -0.4 is 10.6 Å². The molecule has 36 heavy (non-hydrogen) atoms. The van der Waals surface area contributed by atoms with Gasteiger partial charge >= 0.3 is 12.1 Å². The molecule has 0 aromatic heterocycles. The molecule has 0 bridgehead atoms. The second kappa shape index (κ2) is 13.0. The van der Waals surface area contributed by atoms with Crippen LogP contribution >= 0.6 is 11.8 Å². The van der Waals surface area contributed by atoms with E-state index < -0.39 is 47.6 Å². The Balaban J connectivity index is 2.34. The lowest BCUT2D eigenvalue weighted by Gasteiger charge is -2.38. The minimum absolute atomic E-state index is 0.0844. The first-order valence-corrected chi connectivity index (χ1v) is 13.6. The van der Waals surface area contributed by atoms with E-state index in [2.05, 4.69) is 10.6 Å². The number of nitrogens with one attached hydrogen (secondary N) is 2. The number of aliphatic carboxylic acids is 1. The van der Waals surface area contributed by atoms with E-state index in [1.165, 1.54) is 16.7 Å². The summed E-state index contributed by atoms with van der Waals surface area (Å²) in [6, 6.07) is 4.70. The molecule has 0 aliphatic carbocycles. The second-order valence-corrected chi connectivity index (χ2v) is 11.4. The molecule has 1 aliphatic rings. The highest BCUT2D eigenvalue weighted by molar-refractivity contribution is 7.98. The number of fused-ring (bicyclic) bond motifs is 1. The summed E-state index contributed by atoms with van der Waals surface area (Å²) in [4.78, 5) is 52.9. The standard InChI is InChI=1S/C26H39N3O6S/c1-16(2)13-20(28-25(34)35-26(3,4)5)23(31)29-15-18-10-8-7-9-17(18)14-21(29)22(30)27-19(24(32)33)11-12-36-6/h7-10,16,19-21H,11-15H2,1-6H3,(H,27,30)(H,28,34)(H,32,33)/t19-,20+,21?/m1/s1. The van der Waals surface area contributed by atoms with Crippen LogP contribution in [0.3, 0.4) is 0 Å². The molecule has 200 valence electrons. The number of carboxylic acids is 1. The summed E-state index contributed by atoms with van der Waals surface area (Å²) in [5.41, 5.74) is 1.11. The normalized spacial score (nSPS) is 17.1. The molecule has 10 heteroatoms. The third-order valence-electron chi connectivity index (χ3n) is 5.76. The second-order valence-electron chi connectivity index (χ2n) is 10.5. The van der Waals surface area contributed by atoms with E-state index in [-0.39, 0.29) is 25.3 Å². The van der Waals surface area contributed by atoms with Gasteiger partial charge in [-0.05, 0) is 62.7 Å². The fraction of sp³-hybridized carbons (Fsp3) is 0.615. The van der Waals surface area contributed by atoms with Gasteiger partial charge in [-0.15, -0.1) is 0 Å². The van der Waals surface area contributed by atoms with Crippen molar-refractivity contribution in [2.45, 2.75) is 84.2 Å². The largest absolute Gasteiger partial charge is 0.480 e. The number of carboxylic acid groups (broad SMARTS) is 1. The number of alkyl carbamates (subject to hydrolysis) is 1. The van der Waals surface area contributed by atoms with Crippen LogP contribution in [0.1, 0.15) is 58.6 Å². The average molecular weight is 522 g/mol. The lowest BCUT2D eigenvalue weighted by molar-refractivity contribution is -0.146. The number of rotatable bonds is 10. The number of thioether (sulfide) groups is 1. The first-order valence-electron chi connectivity index (χ1n) is 12.2. The van der Waals surface area contributed by atoms with E-state index in [9.17, 15) is 24.3 Å². The molecule has 0 spiro atoms. The molecule has 3 amide bonds. The monoisotopic (exact) mass is 521 g/mol. The van der Waals surface area contributed by atoms with Crippen LogP contribution in [-0.4, -0.2) is 69.6 Å². The van der Waals surface area contributed by atoms with Crippen molar-refractivity contribution in [3.63, 3.8) is 0 Å². The first kappa shape index (κ1) is 29.5. The van der Waals surface area contributed by atoms with Crippen LogP contribution in [0.2, 0.25) is 0 Å². The predicted molar refractivity (Wildman–Crippen MR) is 140 cm³/mol. The van der Waals surface area contributed by atoms with Gasteiger partial charge in [0.2, 0.25) is 11.8 Å². The molecular weight excluding hydrogens is 482 g/mol. The highest BCUT2D eigenvalue weighted by Gasteiger charge is 2.39.